The third kappa shape index (κ3) is 2.15. The Balaban J connectivity index is 1.76. The van der Waals surface area contributed by atoms with Crippen LogP contribution in [-0.4, -0.2) is 48.6 Å². The number of aryl methyl sites for hydroxylation is 1. The summed E-state index contributed by atoms with van der Waals surface area (Å²) in [5.74, 6) is 0.993. The molecule has 1 spiro atoms. The minimum Gasteiger partial charge on any atom is -0.485 e. The maximum atomic E-state index is 12.0. The second-order valence-corrected chi connectivity index (χ2v) is 5.74. The molecule has 0 saturated carbocycles. The Bertz CT molecular complexity index is 501. The minimum absolute atomic E-state index is 0.0827. The van der Waals surface area contributed by atoms with E-state index in [9.17, 15) is 4.79 Å². The van der Waals surface area contributed by atoms with E-state index < -0.39 is 0 Å². The molecule has 0 aliphatic carbocycles. The van der Waals surface area contributed by atoms with Gasteiger partial charge in [0.1, 0.15) is 11.4 Å². The van der Waals surface area contributed by atoms with Crippen molar-refractivity contribution in [2.45, 2.75) is 24.9 Å². The maximum Gasteiger partial charge on any atom is 0.319 e. The fraction of sp³-hybridized carbons (Fsp3) is 0.533. The van der Waals surface area contributed by atoms with Crippen molar-refractivity contribution in [2.24, 2.45) is 0 Å². The molecule has 0 aromatic heterocycles. The van der Waals surface area contributed by atoms with E-state index in [-0.39, 0.29) is 11.6 Å². The monoisotopic (exact) mass is 260 g/mol. The van der Waals surface area contributed by atoms with E-state index in [0.29, 0.717) is 6.54 Å². The number of hydrogen-bond donors (Lipinski definition) is 0. The van der Waals surface area contributed by atoms with Gasteiger partial charge in [-0.2, -0.15) is 0 Å². The first-order chi connectivity index (χ1) is 9.10. The summed E-state index contributed by atoms with van der Waals surface area (Å²) in [6, 6.07) is 8.30. The first kappa shape index (κ1) is 12.3. The average molecular weight is 260 g/mol. The van der Waals surface area contributed by atoms with Gasteiger partial charge in [-0.3, -0.25) is 0 Å². The number of fused-ring (bicyclic) bond motifs is 1. The van der Waals surface area contributed by atoms with Crippen molar-refractivity contribution in [2.75, 3.05) is 27.2 Å². The molecule has 3 rings (SSSR count). The van der Waals surface area contributed by atoms with Gasteiger partial charge in [-0.25, -0.2) is 4.79 Å². The molecule has 2 heterocycles. The molecule has 4 nitrogen and oxygen atoms in total. The minimum atomic E-state index is -0.167. The number of ether oxygens (including phenoxy) is 1. The van der Waals surface area contributed by atoms with Gasteiger partial charge >= 0.3 is 6.03 Å². The smallest absolute Gasteiger partial charge is 0.319 e. The first-order valence-corrected chi connectivity index (χ1v) is 6.83. The van der Waals surface area contributed by atoms with Crippen LogP contribution in [0.25, 0.3) is 0 Å². The highest BCUT2D eigenvalue weighted by Crippen LogP contribution is 2.38. The summed E-state index contributed by atoms with van der Waals surface area (Å²) in [5.41, 5.74) is 1.12. The second kappa shape index (κ2) is 4.44. The van der Waals surface area contributed by atoms with Crippen molar-refractivity contribution in [3.63, 3.8) is 0 Å². The topological polar surface area (TPSA) is 32.8 Å². The fourth-order valence-corrected chi connectivity index (χ4v) is 3.03. The Morgan fingerprint density at radius 3 is 2.89 bits per heavy atom. The maximum absolute atomic E-state index is 12.0. The van der Waals surface area contributed by atoms with Crippen molar-refractivity contribution in [1.82, 2.24) is 9.80 Å². The molecule has 1 fully saturated rings. The molecule has 2 aliphatic heterocycles. The van der Waals surface area contributed by atoms with Crippen molar-refractivity contribution >= 4 is 6.03 Å². The molecule has 1 aromatic carbocycles. The Morgan fingerprint density at radius 1 is 1.32 bits per heavy atom. The van der Waals surface area contributed by atoms with Gasteiger partial charge in [0.15, 0.2) is 0 Å². The van der Waals surface area contributed by atoms with Gasteiger partial charge < -0.3 is 14.5 Å². The number of carbonyl (C=O) groups excluding carboxylic acids is 1. The molecular formula is C15H20N2O2. The van der Waals surface area contributed by atoms with E-state index in [2.05, 4.69) is 12.1 Å². The standard InChI is InChI=1S/C15H20N2O2/c1-16(2)14(18)17-10-9-15(11-17)8-7-12-5-3-4-6-13(12)19-15/h3-6H,7-11H2,1-2H3. The quantitative estimate of drug-likeness (QED) is 0.716. The van der Waals surface area contributed by atoms with Gasteiger partial charge in [0.25, 0.3) is 0 Å². The normalized spacial score (nSPS) is 25.1. The molecule has 1 unspecified atom stereocenters. The van der Waals surface area contributed by atoms with Gasteiger partial charge in [-0.05, 0) is 24.5 Å². The highest BCUT2D eigenvalue weighted by Gasteiger charge is 2.44. The predicted octanol–water partition coefficient (Wildman–Crippen LogP) is 2.14. The Morgan fingerprint density at radius 2 is 2.11 bits per heavy atom. The lowest BCUT2D eigenvalue weighted by molar-refractivity contribution is 0.0561. The number of carbonyl (C=O) groups is 1. The van der Waals surface area contributed by atoms with Gasteiger partial charge in [0.05, 0.1) is 6.54 Å². The number of urea groups is 1. The van der Waals surface area contributed by atoms with E-state index in [0.717, 1.165) is 31.6 Å². The zero-order chi connectivity index (χ0) is 13.5. The van der Waals surface area contributed by atoms with Gasteiger partial charge in [-0.1, -0.05) is 18.2 Å². The molecule has 1 atom stereocenters. The summed E-state index contributed by atoms with van der Waals surface area (Å²) in [6.07, 6.45) is 2.97. The first-order valence-electron chi connectivity index (χ1n) is 6.83. The largest absolute Gasteiger partial charge is 0.485 e. The molecule has 2 amide bonds. The van der Waals surface area contributed by atoms with Crippen LogP contribution in [0.5, 0.6) is 5.75 Å². The number of amides is 2. The molecule has 4 heteroatoms. The number of likely N-dealkylation sites (tertiary alicyclic amines) is 1. The zero-order valence-electron chi connectivity index (χ0n) is 11.6. The second-order valence-electron chi connectivity index (χ2n) is 5.74. The van der Waals surface area contributed by atoms with Crippen LogP contribution in [0.2, 0.25) is 0 Å². The van der Waals surface area contributed by atoms with Crippen LogP contribution >= 0.6 is 0 Å². The molecular weight excluding hydrogens is 240 g/mol. The van der Waals surface area contributed by atoms with Crippen molar-refractivity contribution < 1.29 is 9.53 Å². The molecule has 1 aromatic rings. The Hall–Kier alpha value is -1.71. The lowest BCUT2D eigenvalue weighted by Gasteiger charge is -2.35. The summed E-state index contributed by atoms with van der Waals surface area (Å²) >= 11 is 0. The fourth-order valence-electron chi connectivity index (χ4n) is 3.03. The molecule has 0 N–H and O–H groups in total. The van der Waals surface area contributed by atoms with Crippen LogP contribution < -0.4 is 4.74 Å². The number of para-hydroxylation sites is 1. The van der Waals surface area contributed by atoms with Crippen LogP contribution in [0, 0.1) is 0 Å². The number of benzene rings is 1. The number of hydrogen-bond acceptors (Lipinski definition) is 2. The SMILES string of the molecule is CN(C)C(=O)N1CCC2(CCc3ccccc3O2)C1. The van der Waals surface area contributed by atoms with Crippen molar-refractivity contribution in [3.8, 4) is 5.75 Å². The molecule has 102 valence electrons. The summed E-state index contributed by atoms with van der Waals surface area (Å²) < 4.78 is 6.23. The predicted molar refractivity (Wildman–Crippen MR) is 73.4 cm³/mol. The van der Waals surface area contributed by atoms with Crippen molar-refractivity contribution in [1.29, 1.82) is 0 Å². The third-order valence-corrected chi connectivity index (χ3v) is 4.12. The van der Waals surface area contributed by atoms with E-state index >= 15 is 0 Å². The van der Waals surface area contributed by atoms with Crippen LogP contribution in [0.3, 0.4) is 0 Å². The third-order valence-electron chi connectivity index (χ3n) is 4.12. The summed E-state index contributed by atoms with van der Waals surface area (Å²) in [4.78, 5) is 15.5. The van der Waals surface area contributed by atoms with Gasteiger partial charge in [0.2, 0.25) is 0 Å². The molecule has 0 bridgehead atoms. The zero-order valence-corrected chi connectivity index (χ0v) is 11.6. The highest BCUT2D eigenvalue weighted by molar-refractivity contribution is 5.74. The van der Waals surface area contributed by atoms with E-state index in [1.165, 1.54) is 5.56 Å². The Kier molecular flexibility index (Phi) is 2.88. The molecule has 19 heavy (non-hydrogen) atoms. The molecule has 0 radical (unpaired) electrons. The van der Waals surface area contributed by atoms with Gasteiger partial charge in [-0.15, -0.1) is 0 Å². The molecule has 1 saturated heterocycles. The number of nitrogens with zero attached hydrogens (tertiary/aromatic N) is 2. The van der Waals surface area contributed by atoms with Crippen LogP contribution in [0.1, 0.15) is 18.4 Å². The number of rotatable bonds is 0. The van der Waals surface area contributed by atoms with Crippen LogP contribution in [-0.2, 0) is 6.42 Å². The van der Waals surface area contributed by atoms with Crippen LogP contribution in [0.4, 0.5) is 4.79 Å². The van der Waals surface area contributed by atoms with Crippen molar-refractivity contribution in [3.05, 3.63) is 29.8 Å². The molecule has 2 aliphatic rings. The summed E-state index contributed by atoms with van der Waals surface area (Å²) in [7, 11) is 3.59. The summed E-state index contributed by atoms with van der Waals surface area (Å²) in [6.45, 7) is 1.50. The lowest BCUT2D eigenvalue weighted by atomic mass is 9.90. The summed E-state index contributed by atoms with van der Waals surface area (Å²) in [5, 5.41) is 0. The Labute approximate surface area is 113 Å². The van der Waals surface area contributed by atoms with E-state index in [1.54, 1.807) is 19.0 Å². The average Bonchev–Trinajstić information content (AvgIpc) is 2.81. The van der Waals surface area contributed by atoms with E-state index in [1.807, 2.05) is 17.0 Å². The van der Waals surface area contributed by atoms with Crippen LogP contribution in [0.15, 0.2) is 24.3 Å². The van der Waals surface area contributed by atoms with E-state index in [4.69, 9.17) is 4.74 Å². The van der Waals surface area contributed by atoms with Gasteiger partial charge in [0, 0.05) is 27.1 Å². The highest BCUT2D eigenvalue weighted by atomic mass is 16.5. The lowest BCUT2D eigenvalue weighted by Crippen LogP contribution is -2.45.